The Labute approximate surface area is 107 Å². The molecule has 1 rings (SSSR count). The molecule has 100 valence electrons. The summed E-state index contributed by atoms with van der Waals surface area (Å²) in [5.41, 5.74) is 6.35. The van der Waals surface area contributed by atoms with Crippen LogP contribution in [-0.4, -0.2) is 32.4 Å². The normalized spacial score (nSPS) is 11.9. The minimum Gasteiger partial charge on any atom is -0.496 e. The first-order valence-corrected chi connectivity index (χ1v) is 5.81. The van der Waals surface area contributed by atoms with Crippen LogP contribution in [0.15, 0.2) is 18.2 Å². The highest BCUT2D eigenvalue weighted by Crippen LogP contribution is 2.25. The molecular formula is C13H19NO4. The van der Waals surface area contributed by atoms with E-state index in [2.05, 4.69) is 0 Å². The molecular weight excluding hydrogens is 234 g/mol. The molecule has 5 heteroatoms. The molecule has 0 fully saturated rings. The number of rotatable bonds is 6. The van der Waals surface area contributed by atoms with Gasteiger partial charge in [0.2, 0.25) is 0 Å². The fourth-order valence-electron chi connectivity index (χ4n) is 1.50. The molecule has 0 aliphatic rings. The van der Waals surface area contributed by atoms with Gasteiger partial charge in [-0.15, -0.1) is 0 Å². The van der Waals surface area contributed by atoms with Crippen LogP contribution < -0.4 is 10.5 Å². The second kappa shape index (κ2) is 6.86. The van der Waals surface area contributed by atoms with Crippen LogP contribution in [-0.2, 0) is 9.47 Å². The molecule has 1 aromatic rings. The minimum absolute atomic E-state index is 0.253. The van der Waals surface area contributed by atoms with Gasteiger partial charge in [-0.3, -0.25) is 0 Å². The quantitative estimate of drug-likeness (QED) is 0.619. The van der Waals surface area contributed by atoms with Crippen molar-refractivity contribution in [2.45, 2.75) is 20.0 Å². The molecule has 0 bridgehead atoms. The molecule has 0 saturated heterocycles. The van der Waals surface area contributed by atoms with Gasteiger partial charge >= 0.3 is 5.97 Å². The fraction of sp³-hybridized carbons (Fsp3) is 0.462. The molecule has 1 unspecified atom stereocenters. The second-order valence-corrected chi connectivity index (χ2v) is 3.80. The molecule has 2 N–H and O–H groups in total. The number of carbonyl (C=O) groups excluding carboxylic acids is 1. The zero-order valence-electron chi connectivity index (χ0n) is 10.9. The van der Waals surface area contributed by atoms with Gasteiger partial charge in [0.05, 0.1) is 13.7 Å². The number of hydrogen-bond acceptors (Lipinski definition) is 5. The van der Waals surface area contributed by atoms with Crippen molar-refractivity contribution in [3.63, 3.8) is 0 Å². The summed E-state index contributed by atoms with van der Waals surface area (Å²) in [6.45, 7) is 4.59. The molecule has 0 spiro atoms. The molecule has 0 aliphatic carbocycles. The lowest BCUT2D eigenvalue weighted by molar-refractivity contribution is 0.00426. The van der Waals surface area contributed by atoms with Gasteiger partial charge in [-0.05, 0) is 26.0 Å². The van der Waals surface area contributed by atoms with E-state index in [1.807, 2.05) is 6.92 Å². The summed E-state index contributed by atoms with van der Waals surface area (Å²) >= 11 is 0. The van der Waals surface area contributed by atoms with E-state index in [9.17, 15) is 4.79 Å². The molecule has 18 heavy (non-hydrogen) atoms. The summed E-state index contributed by atoms with van der Waals surface area (Å²) in [4.78, 5) is 12.0. The summed E-state index contributed by atoms with van der Waals surface area (Å²) < 4.78 is 15.5. The third-order valence-corrected chi connectivity index (χ3v) is 2.35. The van der Waals surface area contributed by atoms with E-state index < -0.39 is 5.97 Å². The van der Waals surface area contributed by atoms with Crippen LogP contribution in [0.2, 0.25) is 0 Å². The predicted molar refractivity (Wildman–Crippen MR) is 68.8 cm³/mol. The molecule has 0 radical (unpaired) electrons. The van der Waals surface area contributed by atoms with E-state index in [1.165, 1.54) is 7.11 Å². The summed E-state index contributed by atoms with van der Waals surface area (Å²) in [6.07, 6.45) is -0.332. The third-order valence-electron chi connectivity index (χ3n) is 2.35. The average molecular weight is 253 g/mol. The van der Waals surface area contributed by atoms with Crippen LogP contribution >= 0.6 is 0 Å². The smallest absolute Gasteiger partial charge is 0.344 e. The van der Waals surface area contributed by atoms with Crippen LogP contribution in [0.1, 0.15) is 24.2 Å². The maximum Gasteiger partial charge on any atom is 0.344 e. The average Bonchev–Trinajstić information content (AvgIpc) is 2.35. The van der Waals surface area contributed by atoms with Crippen molar-refractivity contribution >= 4 is 11.7 Å². The van der Waals surface area contributed by atoms with E-state index in [0.29, 0.717) is 24.7 Å². The monoisotopic (exact) mass is 253 g/mol. The minimum atomic E-state index is -0.503. The van der Waals surface area contributed by atoms with Crippen molar-refractivity contribution < 1.29 is 19.0 Å². The first kappa shape index (κ1) is 14.3. The predicted octanol–water partition coefficient (Wildman–Crippen LogP) is 1.86. The maximum atomic E-state index is 12.0. The van der Waals surface area contributed by atoms with Crippen molar-refractivity contribution in [3.8, 4) is 5.75 Å². The lowest BCUT2D eigenvalue weighted by Crippen LogP contribution is -2.21. The zero-order chi connectivity index (χ0) is 13.5. The molecule has 0 amide bonds. The van der Waals surface area contributed by atoms with E-state index in [1.54, 1.807) is 25.1 Å². The second-order valence-electron chi connectivity index (χ2n) is 3.80. The highest BCUT2D eigenvalue weighted by atomic mass is 16.6. The molecule has 0 aliphatic heterocycles. The summed E-state index contributed by atoms with van der Waals surface area (Å²) in [5.74, 6) is -0.0965. The van der Waals surface area contributed by atoms with Crippen molar-refractivity contribution in [2.24, 2.45) is 0 Å². The first-order valence-electron chi connectivity index (χ1n) is 5.81. The molecule has 0 aromatic heterocycles. The van der Waals surface area contributed by atoms with Gasteiger partial charge in [0, 0.05) is 12.3 Å². The lowest BCUT2D eigenvalue weighted by atomic mass is 10.1. The van der Waals surface area contributed by atoms with Crippen LogP contribution in [0.4, 0.5) is 5.69 Å². The van der Waals surface area contributed by atoms with E-state index >= 15 is 0 Å². The number of esters is 1. The van der Waals surface area contributed by atoms with Crippen LogP contribution in [0.25, 0.3) is 0 Å². The topological polar surface area (TPSA) is 70.8 Å². The standard InChI is InChI=1S/C13H19NO4/c1-4-17-8-9(2)18-13(15)12-10(14)6-5-7-11(12)16-3/h5-7,9H,4,8,14H2,1-3H3. The van der Waals surface area contributed by atoms with Gasteiger partial charge in [0.15, 0.2) is 0 Å². The van der Waals surface area contributed by atoms with Gasteiger partial charge in [0.1, 0.15) is 17.4 Å². The highest BCUT2D eigenvalue weighted by Gasteiger charge is 2.19. The van der Waals surface area contributed by atoms with E-state index in [0.717, 1.165) is 0 Å². The fourth-order valence-corrected chi connectivity index (χ4v) is 1.50. The van der Waals surface area contributed by atoms with Gasteiger partial charge in [-0.1, -0.05) is 6.07 Å². The number of anilines is 1. The number of hydrogen-bond donors (Lipinski definition) is 1. The maximum absolute atomic E-state index is 12.0. The third kappa shape index (κ3) is 3.63. The highest BCUT2D eigenvalue weighted by molar-refractivity contribution is 5.98. The molecule has 0 saturated carbocycles. The van der Waals surface area contributed by atoms with Crippen molar-refractivity contribution in [2.75, 3.05) is 26.1 Å². The Balaban J connectivity index is 2.78. The number of methoxy groups -OCH3 is 1. The van der Waals surface area contributed by atoms with Crippen molar-refractivity contribution in [1.82, 2.24) is 0 Å². The first-order chi connectivity index (χ1) is 8.60. The number of benzene rings is 1. The Hall–Kier alpha value is -1.75. The van der Waals surface area contributed by atoms with Crippen LogP contribution in [0.5, 0.6) is 5.75 Å². The Morgan fingerprint density at radius 2 is 2.17 bits per heavy atom. The van der Waals surface area contributed by atoms with Gasteiger partial charge < -0.3 is 19.9 Å². The molecule has 5 nitrogen and oxygen atoms in total. The number of nitrogens with two attached hydrogens (primary N) is 1. The molecule has 1 atom stereocenters. The summed E-state index contributed by atoms with van der Waals surface area (Å²) in [7, 11) is 1.48. The van der Waals surface area contributed by atoms with Crippen LogP contribution in [0, 0.1) is 0 Å². The van der Waals surface area contributed by atoms with Crippen molar-refractivity contribution in [3.05, 3.63) is 23.8 Å². The number of nitrogen functional groups attached to an aromatic ring is 1. The van der Waals surface area contributed by atoms with Crippen LogP contribution in [0.3, 0.4) is 0 Å². The van der Waals surface area contributed by atoms with E-state index in [4.69, 9.17) is 19.9 Å². The Bertz CT molecular complexity index is 406. The Morgan fingerprint density at radius 3 is 2.78 bits per heavy atom. The SMILES string of the molecule is CCOCC(C)OC(=O)c1c(N)cccc1OC. The summed E-state index contributed by atoms with van der Waals surface area (Å²) in [5, 5.41) is 0. The van der Waals surface area contributed by atoms with Gasteiger partial charge in [0.25, 0.3) is 0 Å². The largest absolute Gasteiger partial charge is 0.496 e. The lowest BCUT2D eigenvalue weighted by Gasteiger charge is -2.15. The summed E-state index contributed by atoms with van der Waals surface area (Å²) in [6, 6.07) is 5.01. The Kier molecular flexibility index (Phi) is 5.45. The molecule has 1 aromatic carbocycles. The Morgan fingerprint density at radius 1 is 1.44 bits per heavy atom. The van der Waals surface area contributed by atoms with Gasteiger partial charge in [-0.25, -0.2) is 4.79 Å². The molecule has 0 heterocycles. The number of ether oxygens (including phenoxy) is 3. The van der Waals surface area contributed by atoms with Crippen molar-refractivity contribution in [1.29, 1.82) is 0 Å². The van der Waals surface area contributed by atoms with Gasteiger partial charge in [-0.2, -0.15) is 0 Å². The zero-order valence-corrected chi connectivity index (χ0v) is 10.9. The van der Waals surface area contributed by atoms with E-state index in [-0.39, 0.29) is 11.7 Å². The number of carbonyl (C=O) groups is 1.